The molecule has 0 saturated carbocycles. The molecule has 0 saturated heterocycles. The monoisotopic (exact) mass is 336 g/mol. The SMILES string of the molecule is CP(C)(=O)COCCOc1nc(N)nc(N)c1-c1ccccc1. The molecule has 0 bridgehead atoms. The van der Waals surface area contributed by atoms with E-state index in [4.69, 9.17) is 20.9 Å². The van der Waals surface area contributed by atoms with E-state index in [1.807, 2.05) is 30.3 Å². The maximum absolute atomic E-state index is 11.6. The van der Waals surface area contributed by atoms with Crippen molar-refractivity contribution >= 4 is 18.9 Å². The summed E-state index contributed by atoms with van der Waals surface area (Å²) >= 11 is 0. The summed E-state index contributed by atoms with van der Waals surface area (Å²) in [4.78, 5) is 8.09. The molecule has 1 aromatic heterocycles. The van der Waals surface area contributed by atoms with Crippen LogP contribution in [0, 0.1) is 0 Å². The van der Waals surface area contributed by atoms with E-state index < -0.39 is 7.14 Å². The first-order chi connectivity index (χ1) is 10.9. The molecular weight excluding hydrogens is 315 g/mol. The molecule has 0 radical (unpaired) electrons. The second-order valence-corrected chi connectivity index (χ2v) is 8.88. The maximum Gasteiger partial charge on any atom is 0.228 e. The summed E-state index contributed by atoms with van der Waals surface area (Å²) in [5.74, 6) is 0.608. The fourth-order valence-corrected chi connectivity index (χ4v) is 2.50. The van der Waals surface area contributed by atoms with Crippen LogP contribution in [0.5, 0.6) is 5.88 Å². The Hall–Kier alpha value is -2.11. The highest BCUT2D eigenvalue weighted by Gasteiger charge is 2.15. The van der Waals surface area contributed by atoms with E-state index in [0.717, 1.165) is 5.56 Å². The highest BCUT2D eigenvalue weighted by molar-refractivity contribution is 7.62. The van der Waals surface area contributed by atoms with Crippen LogP contribution in [-0.2, 0) is 9.30 Å². The van der Waals surface area contributed by atoms with E-state index in [2.05, 4.69) is 9.97 Å². The van der Waals surface area contributed by atoms with Gasteiger partial charge in [0.25, 0.3) is 0 Å². The van der Waals surface area contributed by atoms with Gasteiger partial charge in [-0.15, -0.1) is 0 Å². The molecule has 2 rings (SSSR count). The minimum absolute atomic E-state index is 0.0460. The Balaban J connectivity index is 2.10. The molecule has 23 heavy (non-hydrogen) atoms. The van der Waals surface area contributed by atoms with Gasteiger partial charge >= 0.3 is 0 Å². The molecule has 0 aliphatic heterocycles. The van der Waals surface area contributed by atoms with Gasteiger partial charge in [-0.3, -0.25) is 0 Å². The van der Waals surface area contributed by atoms with Gasteiger partial charge in [0.05, 0.1) is 18.5 Å². The Labute approximate surface area is 135 Å². The van der Waals surface area contributed by atoms with Gasteiger partial charge < -0.3 is 25.5 Å². The number of benzene rings is 1. The first-order valence-corrected chi connectivity index (χ1v) is 9.88. The summed E-state index contributed by atoms with van der Waals surface area (Å²) < 4.78 is 22.5. The Morgan fingerprint density at radius 3 is 2.43 bits per heavy atom. The number of anilines is 2. The first-order valence-electron chi connectivity index (χ1n) is 7.10. The van der Waals surface area contributed by atoms with Crippen LogP contribution in [0.1, 0.15) is 0 Å². The van der Waals surface area contributed by atoms with Crippen molar-refractivity contribution in [3.63, 3.8) is 0 Å². The molecule has 7 nitrogen and oxygen atoms in total. The quantitative estimate of drug-likeness (QED) is 0.589. The molecule has 124 valence electrons. The zero-order valence-electron chi connectivity index (χ0n) is 13.2. The third-order valence-corrected chi connectivity index (χ3v) is 3.66. The molecule has 2 aromatic rings. The fourth-order valence-electron chi connectivity index (χ4n) is 1.94. The van der Waals surface area contributed by atoms with Gasteiger partial charge in [-0.1, -0.05) is 30.3 Å². The molecular formula is C15H21N4O3P. The first kappa shape index (κ1) is 17.2. The minimum atomic E-state index is -2.19. The van der Waals surface area contributed by atoms with Gasteiger partial charge in [-0.2, -0.15) is 9.97 Å². The average molecular weight is 336 g/mol. The van der Waals surface area contributed by atoms with Crippen molar-refractivity contribution in [2.24, 2.45) is 0 Å². The van der Waals surface area contributed by atoms with Crippen LogP contribution in [0.4, 0.5) is 11.8 Å². The van der Waals surface area contributed by atoms with Crippen molar-refractivity contribution in [2.75, 3.05) is 44.4 Å². The van der Waals surface area contributed by atoms with E-state index >= 15 is 0 Å². The van der Waals surface area contributed by atoms with Crippen LogP contribution >= 0.6 is 7.14 Å². The van der Waals surface area contributed by atoms with Crippen molar-refractivity contribution in [2.45, 2.75) is 0 Å². The lowest BCUT2D eigenvalue weighted by atomic mass is 10.1. The smallest absolute Gasteiger partial charge is 0.228 e. The third-order valence-electron chi connectivity index (χ3n) is 2.85. The number of hydrogen-bond acceptors (Lipinski definition) is 7. The summed E-state index contributed by atoms with van der Waals surface area (Å²) in [6.07, 6.45) is 0.218. The number of rotatable bonds is 7. The van der Waals surface area contributed by atoms with Crippen molar-refractivity contribution in [1.29, 1.82) is 0 Å². The van der Waals surface area contributed by atoms with Gasteiger partial charge in [-0.25, -0.2) is 0 Å². The predicted octanol–water partition coefficient (Wildman–Crippen LogP) is 2.28. The Bertz CT molecular complexity index is 703. The highest BCUT2D eigenvalue weighted by Crippen LogP contribution is 2.35. The molecule has 0 aliphatic rings. The Kier molecular flexibility index (Phi) is 5.58. The largest absolute Gasteiger partial charge is 0.475 e. The topological polar surface area (TPSA) is 113 Å². The summed E-state index contributed by atoms with van der Waals surface area (Å²) in [6, 6.07) is 9.45. The number of ether oxygens (including phenoxy) is 2. The number of nitrogens with two attached hydrogens (primary N) is 2. The van der Waals surface area contributed by atoms with Crippen LogP contribution in [0.25, 0.3) is 11.1 Å². The molecule has 1 heterocycles. The lowest BCUT2D eigenvalue weighted by Crippen LogP contribution is -2.11. The van der Waals surface area contributed by atoms with E-state index in [1.54, 1.807) is 13.3 Å². The fraction of sp³-hybridized carbons (Fsp3) is 0.333. The van der Waals surface area contributed by atoms with E-state index in [1.165, 1.54) is 0 Å². The summed E-state index contributed by atoms with van der Waals surface area (Å²) in [7, 11) is -2.19. The third kappa shape index (κ3) is 5.23. The summed E-state index contributed by atoms with van der Waals surface area (Å²) in [6.45, 7) is 3.89. The van der Waals surface area contributed by atoms with Crippen LogP contribution in [-0.4, -0.2) is 42.9 Å². The average Bonchev–Trinajstić information content (AvgIpc) is 2.46. The van der Waals surface area contributed by atoms with Crippen LogP contribution in [0.3, 0.4) is 0 Å². The molecule has 0 spiro atoms. The van der Waals surface area contributed by atoms with Gasteiger partial charge in [-0.05, 0) is 18.9 Å². The molecule has 4 N–H and O–H groups in total. The lowest BCUT2D eigenvalue weighted by Gasteiger charge is -2.13. The van der Waals surface area contributed by atoms with Crippen molar-refractivity contribution < 1.29 is 14.0 Å². The molecule has 0 atom stereocenters. The van der Waals surface area contributed by atoms with E-state index in [0.29, 0.717) is 18.1 Å². The van der Waals surface area contributed by atoms with Crippen LogP contribution in [0.2, 0.25) is 0 Å². The number of hydrogen-bond donors (Lipinski definition) is 2. The molecule has 0 unspecified atom stereocenters. The molecule has 8 heteroatoms. The number of aromatic nitrogens is 2. The normalized spacial score (nSPS) is 11.4. The highest BCUT2D eigenvalue weighted by atomic mass is 31.2. The van der Waals surface area contributed by atoms with Gasteiger partial charge in [0.15, 0.2) is 0 Å². The Morgan fingerprint density at radius 2 is 1.78 bits per heavy atom. The summed E-state index contributed by atoms with van der Waals surface area (Å²) in [5.41, 5.74) is 13.0. The van der Waals surface area contributed by atoms with Gasteiger partial charge in [0.2, 0.25) is 11.8 Å². The zero-order valence-corrected chi connectivity index (χ0v) is 14.1. The second-order valence-electron chi connectivity index (χ2n) is 5.47. The van der Waals surface area contributed by atoms with Crippen LogP contribution < -0.4 is 16.2 Å². The summed E-state index contributed by atoms with van der Waals surface area (Å²) in [5, 5.41) is 0. The second kappa shape index (κ2) is 7.44. The molecule has 1 aromatic carbocycles. The number of nitrogen functional groups attached to an aromatic ring is 2. The zero-order chi connectivity index (χ0) is 16.9. The predicted molar refractivity (Wildman–Crippen MR) is 92.1 cm³/mol. The van der Waals surface area contributed by atoms with Crippen molar-refractivity contribution in [3.05, 3.63) is 30.3 Å². The molecule has 0 amide bonds. The minimum Gasteiger partial charge on any atom is -0.475 e. The van der Waals surface area contributed by atoms with Gasteiger partial charge in [0.1, 0.15) is 19.6 Å². The van der Waals surface area contributed by atoms with Crippen LogP contribution in [0.15, 0.2) is 30.3 Å². The van der Waals surface area contributed by atoms with E-state index in [9.17, 15) is 4.57 Å². The standard InChI is InChI=1S/C15H21N4O3P/c1-23(2,20)10-21-8-9-22-14-12(11-6-4-3-5-7-11)13(16)18-15(17)19-14/h3-7H,8-10H2,1-2H3,(H4,16,17,18,19). The van der Waals surface area contributed by atoms with Crippen molar-refractivity contribution in [3.8, 4) is 17.0 Å². The molecule has 0 fully saturated rings. The molecule has 0 aliphatic carbocycles. The number of nitrogens with zero attached hydrogens (tertiary/aromatic N) is 2. The maximum atomic E-state index is 11.6. The van der Waals surface area contributed by atoms with Gasteiger partial charge in [0, 0.05) is 0 Å². The van der Waals surface area contributed by atoms with E-state index in [-0.39, 0.29) is 24.7 Å². The van der Waals surface area contributed by atoms with Crippen molar-refractivity contribution in [1.82, 2.24) is 9.97 Å². The lowest BCUT2D eigenvalue weighted by molar-refractivity contribution is 0.129. The Morgan fingerprint density at radius 1 is 1.09 bits per heavy atom.